The number of fused-ring (bicyclic) bond motifs is 1. The Bertz CT molecular complexity index is 312. The molecule has 0 aliphatic carbocycles. The highest BCUT2D eigenvalue weighted by Crippen LogP contribution is 2.17. The molecule has 0 amide bonds. The fraction of sp³-hybridized carbons (Fsp3) is 0.500. The van der Waals surface area contributed by atoms with Gasteiger partial charge in [0, 0.05) is 19.3 Å². The van der Waals surface area contributed by atoms with Crippen LogP contribution < -0.4 is 0 Å². The van der Waals surface area contributed by atoms with Crippen molar-refractivity contribution in [2.45, 2.75) is 12.8 Å². The molecule has 2 rings (SSSR count). The molecule has 2 heterocycles. The Morgan fingerprint density at radius 3 is 2.77 bits per heavy atom. The molecule has 0 fully saturated rings. The summed E-state index contributed by atoms with van der Waals surface area (Å²) in [6.45, 7) is 2.24. The Morgan fingerprint density at radius 1 is 1.31 bits per heavy atom. The third-order valence-electron chi connectivity index (χ3n) is 2.58. The summed E-state index contributed by atoms with van der Waals surface area (Å²) in [5.41, 5.74) is 2.72. The Hall–Kier alpha value is -0.600. The van der Waals surface area contributed by atoms with E-state index in [4.69, 9.17) is 11.6 Å². The lowest BCUT2D eigenvalue weighted by molar-refractivity contribution is 0.352. The first kappa shape index (κ1) is 8.97. The van der Waals surface area contributed by atoms with Gasteiger partial charge in [0.25, 0.3) is 0 Å². The van der Waals surface area contributed by atoms with Gasteiger partial charge in [0.1, 0.15) is 5.15 Å². The summed E-state index contributed by atoms with van der Waals surface area (Å²) in [5, 5.41) is 0.614. The van der Waals surface area contributed by atoms with Crippen LogP contribution in [0.2, 0.25) is 5.15 Å². The van der Waals surface area contributed by atoms with Crippen LogP contribution >= 0.6 is 11.6 Å². The van der Waals surface area contributed by atoms with E-state index in [9.17, 15) is 0 Å². The van der Waals surface area contributed by atoms with E-state index < -0.39 is 0 Å². The lowest BCUT2D eigenvalue weighted by Crippen LogP contribution is -2.20. The number of halogens is 1. The molecule has 0 atom stereocenters. The Morgan fingerprint density at radius 2 is 2.00 bits per heavy atom. The van der Waals surface area contributed by atoms with E-state index in [1.807, 2.05) is 12.3 Å². The predicted octanol–water partition coefficient (Wildman–Crippen LogP) is 1.77. The summed E-state index contributed by atoms with van der Waals surface area (Å²) in [4.78, 5) is 6.45. The van der Waals surface area contributed by atoms with Crippen LogP contribution in [0.4, 0.5) is 0 Å². The van der Waals surface area contributed by atoms with Gasteiger partial charge in [0.05, 0.1) is 0 Å². The van der Waals surface area contributed by atoms with E-state index in [-0.39, 0.29) is 0 Å². The zero-order valence-corrected chi connectivity index (χ0v) is 8.51. The molecule has 0 radical (unpaired) electrons. The molecule has 0 N–H and O–H groups in total. The maximum Gasteiger partial charge on any atom is 0.129 e. The largest absolute Gasteiger partial charge is 0.306 e. The molecular formula is C10H13ClN2. The highest BCUT2D eigenvalue weighted by atomic mass is 35.5. The highest BCUT2D eigenvalue weighted by Gasteiger charge is 2.11. The summed E-state index contributed by atoms with van der Waals surface area (Å²) in [6.07, 6.45) is 4.10. The summed E-state index contributed by atoms with van der Waals surface area (Å²) in [7, 11) is 2.15. The summed E-state index contributed by atoms with van der Waals surface area (Å²) >= 11 is 5.84. The first-order valence-electron chi connectivity index (χ1n) is 4.57. The first-order chi connectivity index (χ1) is 6.25. The summed E-state index contributed by atoms with van der Waals surface area (Å²) < 4.78 is 0. The van der Waals surface area contributed by atoms with Gasteiger partial charge < -0.3 is 4.90 Å². The second-order valence-corrected chi connectivity index (χ2v) is 3.97. The summed E-state index contributed by atoms with van der Waals surface area (Å²) in [6, 6.07) is 2.00. The van der Waals surface area contributed by atoms with Gasteiger partial charge in [0.2, 0.25) is 0 Å². The van der Waals surface area contributed by atoms with Crippen molar-refractivity contribution in [1.82, 2.24) is 9.88 Å². The molecule has 0 bridgehead atoms. The number of hydrogen-bond acceptors (Lipinski definition) is 2. The van der Waals surface area contributed by atoms with Crippen LogP contribution in [0.15, 0.2) is 12.3 Å². The van der Waals surface area contributed by atoms with Gasteiger partial charge in [-0.25, -0.2) is 4.98 Å². The van der Waals surface area contributed by atoms with Crippen LogP contribution in [0, 0.1) is 0 Å². The zero-order valence-electron chi connectivity index (χ0n) is 7.76. The first-order valence-corrected chi connectivity index (χ1v) is 4.95. The molecule has 0 spiro atoms. The molecule has 0 unspecified atom stereocenters. The maximum absolute atomic E-state index is 5.84. The van der Waals surface area contributed by atoms with Crippen molar-refractivity contribution in [2.75, 3.05) is 20.1 Å². The number of hydrogen-bond donors (Lipinski definition) is 0. The molecule has 1 aromatic rings. The van der Waals surface area contributed by atoms with E-state index >= 15 is 0 Å². The Kier molecular flexibility index (Phi) is 2.51. The van der Waals surface area contributed by atoms with Crippen molar-refractivity contribution in [2.24, 2.45) is 0 Å². The van der Waals surface area contributed by atoms with Crippen LogP contribution in [0.25, 0.3) is 0 Å². The topological polar surface area (TPSA) is 16.1 Å². The van der Waals surface area contributed by atoms with E-state index in [1.54, 1.807) is 0 Å². The van der Waals surface area contributed by atoms with Crippen molar-refractivity contribution in [3.05, 3.63) is 28.5 Å². The van der Waals surface area contributed by atoms with Crippen LogP contribution in [-0.4, -0.2) is 30.0 Å². The number of pyridine rings is 1. The standard InChI is InChI=1S/C10H13ClN2/c1-13-4-2-8-6-10(11)12-7-9(8)3-5-13/h6-7H,2-5H2,1H3. The molecule has 2 nitrogen and oxygen atoms in total. The van der Waals surface area contributed by atoms with Crippen molar-refractivity contribution in [3.63, 3.8) is 0 Å². The number of aromatic nitrogens is 1. The molecule has 70 valence electrons. The normalized spacial score (nSPS) is 18.0. The van der Waals surface area contributed by atoms with Gasteiger partial charge in [-0.1, -0.05) is 11.6 Å². The average Bonchev–Trinajstić information content (AvgIpc) is 2.29. The minimum Gasteiger partial charge on any atom is -0.306 e. The third-order valence-corrected chi connectivity index (χ3v) is 2.78. The van der Waals surface area contributed by atoms with Crippen molar-refractivity contribution < 1.29 is 0 Å². The quantitative estimate of drug-likeness (QED) is 0.588. The van der Waals surface area contributed by atoms with Crippen LogP contribution in [-0.2, 0) is 12.8 Å². The average molecular weight is 197 g/mol. The molecule has 1 aliphatic heterocycles. The molecule has 3 heteroatoms. The van der Waals surface area contributed by atoms with Crippen LogP contribution in [0.5, 0.6) is 0 Å². The van der Waals surface area contributed by atoms with Gasteiger partial charge in [0.15, 0.2) is 0 Å². The van der Waals surface area contributed by atoms with E-state index in [1.165, 1.54) is 11.1 Å². The molecule has 0 saturated heterocycles. The fourth-order valence-corrected chi connectivity index (χ4v) is 1.87. The molecule has 1 aliphatic rings. The van der Waals surface area contributed by atoms with Gasteiger partial charge >= 0.3 is 0 Å². The monoisotopic (exact) mass is 196 g/mol. The third kappa shape index (κ3) is 2.01. The van der Waals surface area contributed by atoms with E-state index in [2.05, 4.69) is 16.9 Å². The lowest BCUT2D eigenvalue weighted by atomic mass is 10.1. The second kappa shape index (κ2) is 3.64. The van der Waals surface area contributed by atoms with Crippen molar-refractivity contribution >= 4 is 11.6 Å². The fourth-order valence-electron chi connectivity index (χ4n) is 1.69. The van der Waals surface area contributed by atoms with Crippen LogP contribution in [0.1, 0.15) is 11.1 Å². The molecule has 1 aromatic heterocycles. The number of nitrogens with zero attached hydrogens (tertiary/aromatic N) is 2. The molecular weight excluding hydrogens is 184 g/mol. The molecule has 0 aromatic carbocycles. The van der Waals surface area contributed by atoms with Gasteiger partial charge in [-0.2, -0.15) is 0 Å². The predicted molar refractivity (Wildman–Crippen MR) is 54.2 cm³/mol. The van der Waals surface area contributed by atoms with Crippen LogP contribution in [0.3, 0.4) is 0 Å². The smallest absolute Gasteiger partial charge is 0.129 e. The zero-order chi connectivity index (χ0) is 9.26. The van der Waals surface area contributed by atoms with Crippen molar-refractivity contribution in [3.8, 4) is 0 Å². The molecule has 0 saturated carbocycles. The van der Waals surface area contributed by atoms with E-state index in [0.29, 0.717) is 5.15 Å². The maximum atomic E-state index is 5.84. The lowest BCUT2D eigenvalue weighted by Gasteiger charge is -2.10. The van der Waals surface area contributed by atoms with Crippen molar-refractivity contribution in [1.29, 1.82) is 0 Å². The number of likely N-dealkylation sites (N-methyl/N-ethyl adjacent to an activating group) is 1. The summed E-state index contributed by atoms with van der Waals surface area (Å²) in [5.74, 6) is 0. The molecule has 13 heavy (non-hydrogen) atoms. The minimum atomic E-state index is 0.614. The van der Waals surface area contributed by atoms with E-state index in [0.717, 1.165) is 25.9 Å². The SMILES string of the molecule is CN1CCc2cnc(Cl)cc2CC1. The minimum absolute atomic E-state index is 0.614. The highest BCUT2D eigenvalue weighted by molar-refractivity contribution is 6.29. The number of rotatable bonds is 0. The van der Waals surface area contributed by atoms with Gasteiger partial charge in [-0.3, -0.25) is 0 Å². The Balaban J connectivity index is 2.30. The van der Waals surface area contributed by atoms with Gasteiger partial charge in [-0.05, 0) is 37.1 Å². The second-order valence-electron chi connectivity index (χ2n) is 3.58. The van der Waals surface area contributed by atoms with Gasteiger partial charge in [-0.15, -0.1) is 0 Å². The Labute approximate surface area is 83.5 Å².